The molecule has 8 heteroatoms. The van der Waals surface area contributed by atoms with Crippen molar-refractivity contribution in [2.75, 3.05) is 26.8 Å². The largest absolute Gasteiger partial charge is 0.493 e. The number of rotatable bonds is 8. The molecule has 1 heterocycles. The van der Waals surface area contributed by atoms with Crippen LogP contribution in [-0.2, 0) is 10.0 Å². The first-order chi connectivity index (χ1) is 13.9. The average molecular weight is 419 g/mol. The molecule has 1 fully saturated rings. The second-order valence-corrected chi connectivity index (χ2v) is 8.91. The van der Waals surface area contributed by atoms with E-state index in [2.05, 4.69) is 5.32 Å². The van der Waals surface area contributed by atoms with Crippen LogP contribution in [0, 0.1) is 0 Å². The molecule has 0 saturated carbocycles. The molecule has 0 unspecified atom stereocenters. The maximum Gasteiger partial charge on any atom is 0.251 e. The van der Waals surface area contributed by atoms with Gasteiger partial charge in [-0.3, -0.25) is 4.79 Å². The van der Waals surface area contributed by atoms with E-state index in [9.17, 15) is 13.2 Å². The third-order valence-electron chi connectivity index (χ3n) is 4.75. The van der Waals surface area contributed by atoms with Crippen molar-refractivity contribution < 1.29 is 22.7 Å². The molecule has 1 atom stereocenters. The van der Waals surface area contributed by atoms with Crippen LogP contribution < -0.4 is 14.8 Å². The molecular formula is C21H26N2O5S. The Bertz CT molecular complexity index is 938. The molecule has 0 aliphatic carbocycles. The lowest BCUT2D eigenvalue weighted by Gasteiger charge is -2.17. The molecule has 1 aliphatic rings. The van der Waals surface area contributed by atoms with E-state index in [1.165, 1.54) is 28.6 Å². The molecule has 1 aliphatic heterocycles. The Hall–Kier alpha value is -2.58. The number of nitrogens with zero attached hydrogens (tertiary/aromatic N) is 1. The summed E-state index contributed by atoms with van der Waals surface area (Å²) in [6, 6.07) is 13.1. The molecule has 29 heavy (non-hydrogen) atoms. The quantitative estimate of drug-likeness (QED) is 0.712. The molecule has 7 nitrogen and oxygen atoms in total. The zero-order chi connectivity index (χ0) is 20.9. The summed E-state index contributed by atoms with van der Waals surface area (Å²) in [6.45, 7) is 3.20. The third-order valence-corrected chi connectivity index (χ3v) is 6.67. The van der Waals surface area contributed by atoms with E-state index in [0.29, 0.717) is 30.2 Å². The number of methoxy groups -OCH3 is 1. The van der Waals surface area contributed by atoms with E-state index in [1.807, 2.05) is 19.1 Å². The van der Waals surface area contributed by atoms with Crippen LogP contribution in [0.1, 0.15) is 30.1 Å². The number of benzene rings is 2. The topological polar surface area (TPSA) is 84.9 Å². The second kappa shape index (κ2) is 9.28. The van der Waals surface area contributed by atoms with Crippen molar-refractivity contribution in [3.63, 3.8) is 0 Å². The molecule has 1 amide bonds. The predicted octanol–water partition coefficient (Wildman–Crippen LogP) is 2.68. The minimum atomic E-state index is -3.48. The van der Waals surface area contributed by atoms with E-state index in [0.717, 1.165) is 12.8 Å². The summed E-state index contributed by atoms with van der Waals surface area (Å²) in [5, 5.41) is 2.85. The Balaban J connectivity index is 1.57. The standard InChI is InChI=1S/C21H26N2O5S/c1-16(15-28-20-8-4-3-7-19(20)27-2)22-21(24)17-9-11-18(12-10-17)29(25,26)23-13-5-6-14-23/h3-4,7-12,16H,5-6,13-15H2,1-2H3,(H,22,24)/t16-/m0/s1. The molecule has 0 bridgehead atoms. The molecule has 1 saturated heterocycles. The first-order valence-corrected chi connectivity index (χ1v) is 11.0. The van der Waals surface area contributed by atoms with Gasteiger partial charge in [0.2, 0.25) is 10.0 Å². The molecule has 2 aromatic carbocycles. The van der Waals surface area contributed by atoms with Crippen LogP contribution in [0.5, 0.6) is 11.5 Å². The van der Waals surface area contributed by atoms with Crippen molar-refractivity contribution in [1.29, 1.82) is 0 Å². The number of sulfonamides is 1. The van der Waals surface area contributed by atoms with Gasteiger partial charge in [0.15, 0.2) is 11.5 Å². The van der Waals surface area contributed by atoms with Crippen molar-refractivity contribution >= 4 is 15.9 Å². The number of nitrogens with one attached hydrogen (secondary N) is 1. The molecule has 3 rings (SSSR count). The van der Waals surface area contributed by atoms with Crippen LogP contribution in [0.3, 0.4) is 0 Å². The summed E-state index contributed by atoms with van der Waals surface area (Å²) in [5.41, 5.74) is 0.398. The zero-order valence-electron chi connectivity index (χ0n) is 16.6. The van der Waals surface area contributed by atoms with Gasteiger partial charge >= 0.3 is 0 Å². The van der Waals surface area contributed by atoms with Crippen LogP contribution in [0.15, 0.2) is 53.4 Å². The lowest BCUT2D eigenvalue weighted by atomic mass is 10.2. The first-order valence-electron chi connectivity index (χ1n) is 9.58. The van der Waals surface area contributed by atoms with E-state index in [1.54, 1.807) is 19.2 Å². The highest BCUT2D eigenvalue weighted by atomic mass is 32.2. The Kier molecular flexibility index (Phi) is 6.76. The molecule has 2 aromatic rings. The van der Waals surface area contributed by atoms with Crippen molar-refractivity contribution in [3.8, 4) is 11.5 Å². The maximum atomic E-state index is 12.6. The SMILES string of the molecule is COc1ccccc1OC[C@H](C)NC(=O)c1ccc(S(=O)(=O)N2CCCC2)cc1. The van der Waals surface area contributed by atoms with Crippen LogP contribution >= 0.6 is 0 Å². The van der Waals surface area contributed by atoms with Crippen LogP contribution in [-0.4, -0.2) is 51.5 Å². The van der Waals surface area contributed by atoms with Gasteiger partial charge in [0, 0.05) is 18.7 Å². The fraction of sp³-hybridized carbons (Fsp3) is 0.381. The van der Waals surface area contributed by atoms with Crippen LogP contribution in [0.25, 0.3) is 0 Å². The molecule has 0 aromatic heterocycles. The van der Waals surface area contributed by atoms with Crippen molar-refractivity contribution in [1.82, 2.24) is 9.62 Å². The highest BCUT2D eigenvalue weighted by Gasteiger charge is 2.27. The summed E-state index contributed by atoms with van der Waals surface area (Å²) in [7, 11) is -1.91. The number of hydrogen-bond acceptors (Lipinski definition) is 5. The summed E-state index contributed by atoms with van der Waals surface area (Å²) >= 11 is 0. The van der Waals surface area contributed by atoms with Gasteiger partial charge in [0.05, 0.1) is 18.0 Å². The average Bonchev–Trinajstić information content (AvgIpc) is 3.28. The molecule has 1 N–H and O–H groups in total. The van der Waals surface area contributed by atoms with Gasteiger partial charge < -0.3 is 14.8 Å². The fourth-order valence-corrected chi connectivity index (χ4v) is 4.67. The summed E-state index contributed by atoms with van der Waals surface area (Å²) in [6.07, 6.45) is 1.77. The van der Waals surface area contributed by atoms with Crippen molar-refractivity contribution in [2.45, 2.75) is 30.7 Å². The van der Waals surface area contributed by atoms with Gasteiger partial charge in [0.25, 0.3) is 5.91 Å². The van der Waals surface area contributed by atoms with Gasteiger partial charge in [-0.05, 0) is 56.2 Å². The van der Waals surface area contributed by atoms with Crippen LogP contribution in [0.4, 0.5) is 0 Å². The summed E-state index contributed by atoms with van der Waals surface area (Å²) in [5.74, 6) is 0.944. The molecule has 156 valence electrons. The Labute approximate surface area is 171 Å². The van der Waals surface area contributed by atoms with Crippen LogP contribution in [0.2, 0.25) is 0 Å². The number of hydrogen-bond donors (Lipinski definition) is 1. The Morgan fingerprint density at radius 1 is 1.07 bits per heavy atom. The Morgan fingerprint density at radius 3 is 2.31 bits per heavy atom. The molecule has 0 radical (unpaired) electrons. The second-order valence-electron chi connectivity index (χ2n) is 6.97. The normalized spacial score (nSPS) is 15.7. The number of ether oxygens (including phenoxy) is 2. The Morgan fingerprint density at radius 2 is 1.69 bits per heavy atom. The minimum Gasteiger partial charge on any atom is -0.493 e. The van der Waals surface area contributed by atoms with Gasteiger partial charge in [-0.15, -0.1) is 0 Å². The number of amides is 1. The third kappa shape index (κ3) is 5.07. The minimum absolute atomic E-state index is 0.212. The lowest BCUT2D eigenvalue weighted by Crippen LogP contribution is -2.36. The van der Waals surface area contributed by atoms with E-state index < -0.39 is 10.0 Å². The summed E-state index contributed by atoms with van der Waals surface area (Å²) in [4.78, 5) is 12.7. The highest BCUT2D eigenvalue weighted by molar-refractivity contribution is 7.89. The monoisotopic (exact) mass is 418 g/mol. The van der Waals surface area contributed by atoms with Gasteiger partial charge in [-0.2, -0.15) is 4.31 Å². The molecular weight excluding hydrogens is 392 g/mol. The van der Waals surface area contributed by atoms with Crippen molar-refractivity contribution in [3.05, 3.63) is 54.1 Å². The fourth-order valence-electron chi connectivity index (χ4n) is 3.16. The summed E-state index contributed by atoms with van der Waals surface area (Å²) < 4.78 is 37.6. The van der Waals surface area contributed by atoms with Gasteiger partial charge in [-0.1, -0.05) is 12.1 Å². The maximum absolute atomic E-state index is 12.6. The zero-order valence-corrected chi connectivity index (χ0v) is 17.4. The lowest BCUT2D eigenvalue weighted by molar-refractivity contribution is 0.0926. The predicted molar refractivity (Wildman–Crippen MR) is 110 cm³/mol. The first kappa shape index (κ1) is 21.1. The van der Waals surface area contributed by atoms with E-state index >= 15 is 0 Å². The number of carbonyl (C=O) groups excluding carboxylic acids is 1. The smallest absolute Gasteiger partial charge is 0.251 e. The number of para-hydroxylation sites is 2. The van der Waals surface area contributed by atoms with Gasteiger partial charge in [-0.25, -0.2) is 8.42 Å². The van der Waals surface area contributed by atoms with E-state index in [4.69, 9.17) is 9.47 Å². The van der Waals surface area contributed by atoms with E-state index in [-0.39, 0.29) is 23.5 Å². The number of carbonyl (C=O) groups is 1. The van der Waals surface area contributed by atoms with Gasteiger partial charge in [0.1, 0.15) is 6.61 Å². The van der Waals surface area contributed by atoms with Crippen molar-refractivity contribution in [2.24, 2.45) is 0 Å². The molecule has 0 spiro atoms. The highest BCUT2D eigenvalue weighted by Crippen LogP contribution is 2.26.